The second kappa shape index (κ2) is 4.76. The molecular formula is C16H8NO6S-. The maximum Gasteiger partial charge on any atom is 0.277 e. The van der Waals surface area contributed by atoms with Crippen molar-refractivity contribution in [3.63, 3.8) is 0 Å². The standard InChI is InChI=1S/C16H9NO6S/c18-17(19)15-7-6-12-10-5-4-9(23-24(20,21)22)8-14(10)11-2-1-3-13(15)16(11)12/h1-8H,(H,20,21,22)/p-1. The molecule has 0 fully saturated rings. The number of rotatable bonds is 3. The van der Waals surface area contributed by atoms with Gasteiger partial charge in [0.1, 0.15) is 5.75 Å². The van der Waals surface area contributed by atoms with E-state index in [0.717, 1.165) is 22.1 Å². The molecule has 8 heteroatoms. The van der Waals surface area contributed by atoms with E-state index in [0.29, 0.717) is 10.9 Å². The van der Waals surface area contributed by atoms with Crippen LogP contribution in [0.15, 0.2) is 48.5 Å². The normalized spacial score (nSPS) is 12.2. The summed E-state index contributed by atoms with van der Waals surface area (Å²) < 4.78 is 36.7. The van der Waals surface area contributed by atoms with E-state index in [-0.39, 0.29) is 11.4 Å². The van der Waals surface area contributed by atoms with Crippen LogP contribution in [0.25, 0.3) is 33.0 Å². The molecule has 24 heavy (non-hydrogen) atoms. The van der Waals surface area contributed by atoms with Crippen LogP contribution in [0, 0.1) is 10.1 Å². The van der Waals surface area contributed by atoms with E-state index >= 15 is 0 Å². The lowest BCUT2D eigenvalue weighted by atomic mass is 10.0. The third-order valence-electron chi connectivity index (χ3n) is 3.98. The molecule has 120 valence electrons. The van der Waals surface area contributed by atoms with E-state index in [4.69, 9.17) is 0 Å². The second-order valence-electron chi connectivity index (χ2n) is 5.32. The molecule has 0 spiro atoms. The van der Waals surface area contributed by atoms with E-state index in [2.05, 4.69) is 4.18 Å². The summed E-state index contributed by atoms with van der Waals surface area (Å²) in [5.74, 6) is -0.0944. The van der Waals surface area contributed by atoms with Crippen molar-refractivity contribution in [1.82, 2.24) is 0 Å². The SMILES string of the molecule is O=[N+]([O-])c1ccc2c3c(cccc13)-c1cc(OS(=O)(=O)[O-])ccc1-2. The molecule has 3 aromatic rings. The van der Waals surface area contributed by atoms with Gasteiger partial charge >= 0.3 is 0 Å². The second-order valence-corrected chi connectivity index (χ2v) is 6.30. The van der Waals surface area contributed by atoms with Crippen molar-refractivity contribution in [2.24, 2.45) is 0 Å². The number of fused-ring (bicyclic) bond motifs is 3. The van der Waals surface area contributed by atoms with Crippen molar-refractivity contribution < 1.29 is 22.1 Å². The molecule has 0 saturated carbocycles. The van der Waals surface area contributed by atoms with Gasteiger partial charge in [-0.1, -0.05) is 12.1 Å². The first kappa shape index (κ1) is 14.6. The van der Waals surface area contributed by atoms with Gasteiger partial charge in [0.05, 0.1) is 10.3 Å². The van der Waals surface area contributed by atoms with E-state index in [1.54, 1.807) is 30.3 Å². The number of hydrogen-bond acceptors (Lipinski definition) is 6. The molecule has 7 nitrogen and oxygen atoms in total. The first-order valence-corrected chi connectivity index (χ1v) is 8.19. The lowest BCUT2D eigenvalue weighted by molar-refractivity contribution is -0.383. The highest BCUT2D eigenvalue weighted by atomic mass is 32.3. The summed E-state index contributed by atoms with van der Waals surface area (Å²) in [6, 6.07) is 12.7. The Hall–Kier alpha value is -2.97. The van der Waals surface area contributed by atoms with Crippen LogP contribution in [-0.4, -0.2) is 17.9 Å². The van der Waals surface area contributed by atoms with Gasteiger partial charge in [-0.3, -0.25) is 10.1 Å². The van der Waals surface area contributed by atoms with Crippen molar-refractivity contribution in [1.29, 1.82) is 0 Å². The van der Waals surface area contributed by atoms with Gasteiger partial charge in [-0.15, -0.1) is 0 Å². The molecule has 0 heterocycles. The van der Waals surface area contributed by atoms with Crippen LogP contribution in [0.5, 0.6) is 5.75 Å². The van der Waals surface area contributed by atoms with Gasteiger partial charge in [-0.05, 0) is 52.6 Å². The lowest BCUT2D eigenvalue weighted by Crippen LogP contribution is -2.06. The third-order valence-corrected chi connectivity index (χ3v) is 4.38. The van der Waals surface area contributed by atoms with E-state index < -0.39 is 15.3 Å². The van der Waals surface area contributed by atoms with Crippen molar-refractivity contribution in [3.8, 4) is 28.0 Å². The summed E-state index contributed by atoms with van der Waals surface area (Å²) in [5, 5.41) is 12.5. The Labute approximate surface area is 136 Å². The Morgan fingerprint density at radius 2 is 1.62 bits per heavy atom. The molecule has 0 aliphatic heterocycles. The molecule has 3 aromatic carbocycles. The molecular weight excluding hydrogens is 334 g/mol. The molecule has 1 aliphatic rings. The van der Waals surface area contributed by atoms with Crippen LogP contribution in [-0.2, 0) is 10.4 Å². The Kier molecular flexibility index (Phi) is 2.90. The highest BCUT2D eigenvalue weighted by molar-refractivity contribution is 7.81. The smallest absolute Gasteiger partial charge is 0.277 e. The van der Waals surface area contributed by atoms with Gasteiger partial charge < -0.3 is 8.74 Å². The molecule has 4 rings (SSSR count). The highest BCUT2D eigenvalue weighted by Crippen LogP contribution is 2.50. The predicted octanol–water partition coefficient (Wildman–Crippen LogP) is 3.23. The van der Waals surface area contributed by atoms with E-state index in [1.165, 1.54) is 18.2 Å². The van der Waals surface area contributed by atoms with Crippen LogP contribution in [0.3, 0.4) is 0 Å². The molecule has 0 amide bonds. The number of nitro groups is 1. The fraction of sp³-hybridized carbons (Fsp3) is 0. The lowest BCUT2D eigenvalue weighted by Gasteiger charge is -2.10. The average Bonchev–Trinajstić information content (AvgIpc) is 2.82. The van der Waals surface area contributed by atoms with E-state index in [9.17, 15) is 23.1 Å². The molecule has 0 saturated heterocycles. The van der Waals surface area contributed by atoms with Crippen molar-refractivity contribution in [3.05, 3.63) is 58.6 Å². The van der Waals surface area contributed by atoms with Gasteiger partial charge in [-0.2, -0.15) is 0 Å². The van der Waals surface area contributed by atoms with Crippen LogP contribution in [0.2, 0.25) is 0 Å². The summed E-state index contributed by atoms with van der Waals surface area (Å²) in [6.07, 6.45) is 0. The van der Waals surface area contributed by atoms with Gasteiger partial charge in [0.25, 0.3) is 16.1 Å². The summed E-state index contributed by atoms with van der Waals surface area (Å²) in [5.41, 5.74) is 3.01. The van der Waals surface area contributed by atoms with Gasteiger partial charge in [0, 0.05) is 11.5 Å². The maximum absolute atomic E-state index is 11.2. The fourth-order valence-electron chi connectivity index (χ4n) is 3.15. The van der Waals surface area contributed by atoms with Crippen LogP contribution in [0.1, 0.15) is 0 Å². The first-order chi connectivity index (χ1) is 11.3. The quantitative estimate of drug-likeness (QED) is 0.245. The zero-order chi connectivity index (χ0) is 17.1. The largest absolute Gasteiger partial charge is 0.716 e. The molecule has 0 aromatic heterocycles. The van der Waals surface area contributed by atoms with E-state index in [1.807, 2.05) is 0 Å². The number of non-ortho nitro benzene ring substituents is 1. The number of nitro benzene ring substituents is 1. The minimum atomic E-state index is -4.87. The fourth-order valence-corrected chi connectivity index (χ4v) is 3.49. The average molecular weight is 342 g/mol. The minimum absolute atomic E-state index is 0.00187. The predicted molar refractivity (Wildman–Crippen MR) is 85.4 cm³/mol. The Morgan fingerprint density at radius 1 is 0.917 bits per heavy atom. The van der Waals surface area contributed by atoms with Gasteiger partial charge in [0.15, 0.2) is 0 Å². The summed E-state index contributed by atoms with van der Waals surface area (Å²) >= 11 is 0. The molecule has 1 aliphatic carbocycles. The molecule has 0 N–H and O–H groups in total. The summed E-state index contributed by atoms with van der Waals surface area (Å²) in [4.78, 5) is 10.8. The molecule has 0 unspecified atom stereocenters. The van der Waals surface area contributed by atoms with Crippen molar-refractivity contribution >= 4 is 26.9 Å². The zero-order valence-electron chi connectivity index (χ0n) is 11.9. The molecule has 0 bridgehead atoms. The number of benzene rings is 3. The van der Waals surface area contributed by atoms with Crippen molar-refractivity contribution in [2.75, 3.05) is 0 Å². The van der Waals surface area contributed by atoms with Gasteiger partial charge in [0.2, 0.25) is 0 Å². The summed E-state index contributed by atoms with van der Waals surface area (Å²) in [6.45, 7) is 0. The van der Waals surface area contributed by atoms with Crippen LogP contribution < -0.4 is 4.18 Å². The van der Waals surface area contributed by atoms with Crippen molar-refractivity contribution in [2.45, 2.75) is 0 Å². The topological polar surface area (TPSA) is 110 Å². The van der Waals surface area contributed by atoms with Crippen LogP contribution in [0.4, 0.5) is 5.69 Å². The number of hydrogen-bond donors (Lipinski definition) is 0. The Morgan fingerprint density at radius 3 is 2.33 bits per heavy atom. The molecule has 0 atom stereocenters. The third kappa shape index (κ3) is 2.12. The number of nitrogens with zero attached hydrogens (tertiary/aromatic N) is 1. The first-order valence-electron chi connectivity index (χ1n) is 6.85. The van der Waals surface area contributed by atoms with Crippen LogP contribution >= 0.6 is 0 Å². The Bertz CT molecular complexity index is 1140. The Balaban J connectivity index is 2.00. The summed E-state index contributed by atoms with van der Waals surface area (Å²) in [7, 11) is -4.87. The molecule has 0 radical (unpaired) electrons. The minimum Gasteiger partial charge on any atom is -0.716 e. The monoisotopic (exact) mass is 342 g/mol. The van der Waals surface area contributed by atoms with Gasteiger partial charge in [-0.25, -0.2) is 8.42 Å². The zero-order valence-corrected chi connectivity index (χ0v) is 12.7. The highest BCUT2D eigenvalue weighted by Gasteiger charge is 2.25. The maximum atomic E-state index is 11.2.